The van der Waals surface area contributed by atoms with E-state index >= 15 is 0 Å². The maximum atomic E-state index is 9.78. The Bertz CT molecular complexity index is 1070. The van der Waals surface area contributed by atoms with Gasteiger partial charge in [0.2, 0.25) is 0 Å². The molecule has 1 fully saturated rings. The number of benzene rings is 2. The summed E-state index contributed by atoms with van der Waals surface area (Å²) in [5.41, 5.74) is 4.67. The highest BCUT2D eigenvalue weighted by Crippen LogP contribution is 2.30. The minimum absolute atomic E-state index is 0.614. The van der Waals surface area contributed by atoms with E-state index in [0.29, 0.717) is 10.6 Å². The van der Waals surface area contributed by atoms with Gasteiger partial charge in [-0.05, 0) is 67.7 Å². The third-order valence-corrected chi connectivity index (χ3v) is 5.46. The maximum absolute atomic E-state index is 9.78. The molecular weight excluding hydrogens is 366 g/mol. The van der Waals surface area contributed by atoms with Crippen molar-refractivity contribution in [2.75, 3.05) is 18.0 Å². The van der Waals surface area contributed by atoms with E-state index in [9.17, 15) is 5.26 Å². The molecule has 1 saturated heterocycles. The molecule has 3 nitrogen and oxygen atoms in total. The molecule has 0 amide bonds. The van der Waals surface area contributed by atoms with Crippen molar-refractivity contribution < 1.29 is 0 Å². The fraction of sp³-hybridized carbons (Fsp3) is 0.250. The molecular formula is C24H22ClN3. The quantitative estimate of drug-likeness (QED) is 0.498. The number of pyridine rings is 1. The number of rotatable bonds is 3. The Morgan fingerprint density at radius 1 is 1.07 bits per heavy atom. The average molecular weight is 388 g/mol. The van der Waals surface area contributed by atoms with E-state index in [1.165, 1.54) is 24.8 Å². The van der Waals surface area contributed by atoms with Crippen LogP contribution in [0.1, 0.15) is 36.0 Å². The normalized spacial score (nSPS) is 14.9. The highest BCUT2D eigenvalue weighted by Gasteiger charge is 2.17. The van der Waals surface area contributed by atoms with Crippen molar-refractivity contribution in [3.63, 3.8) is 0 Å². The Labute approximate surface area is 170 Å². The zero-order valence-corrected chi connectivity index (χ0v) is 16.7. The Balaban J connectivity index is 1.86. The van der Waals surface area contributed by atoms with Crippen molar-refractivity contribution in [1.29, 1.82) is 5.26 Å². The molecule has 0 atom stereocenters. The van der Waals surface area contributed by atoms with Gasteiger partial charge in [-0.15, -0.1) is 0 Å². The first-order chi connectivity index (χ1) is 13.6. The predicted octanol–water partition coefficient (Wildman–Crippen LogP) is 6.25. The summed E-state index contributed by atoms with van der Waals surface area (Å²) in [6.07, 6.45) is 5.58. The van der Waals surface area contributed by atoms with Crippen LogP contribution in [0.3, 0.4) is 0 Å². The van der Waals surface area contributed by atoms with E-state index in [-0.39, 0.29) is 0 Å². The number of hydrogen-bond donors (Lipinski definition) is 0. The summed E-state index contributed by atoms with van der Waals surface area (Å²) in [5, 5.41) is 11.5. The molecule has 0 N–H and O–H groups in total. The molecule has 2 aromatic carbocycles. The van der Waals surface area contributed by atoms with Gasteiger partial charge in [0.1, 0.15) is 5.82 Å². The van der Waals surface area contributed by atoms with E-state index in [1.807, 2.05) is 30.3 Å². The summed E-state index contributed by atoms with van der Waals surface area (Å²) in [5.74, 6) is 0.972. The van der Waals surface area contributed by atoms with Crippen molar-refractivity contribution in [3.05, 3.63) is 70.2 Å². The van der Waals surface area contributed by atoms with Gasteiger partial charge < -0.3 is 4.90 Å². The number of aromatic nitrogens is 1. The number of anilines is 1. The summed E-state index contributed by atoms with van der Waals surface area (Å²) in [6.45, 7) is 4.10. The molecule has 4 rings (SSSR count). The fourth-order valence-electron chi connectivity index (χ4n) is 3.71. The van der Waals surface area contributed by atoms with Crippen molar-refractivity contribution in [2.24, 2.45) is 0 Å². The van der Waals surface area contributed by atoms with Gasteiger partial charge in [0.25, 0.3) is 0 Å². The molecule has 0 saturated carbocycles. The molecule has 1 aliphatic heterocycles. The van der Waals surface area contributed by atoms with Crippen molar-refractivity contribution in [3.8, 4) is 6.07 Å². The second kappa shape index (κ2) is 8.04. The van der Waals surface area contributed by atoms with Gasteiger partial charge in [0, 0.05) is 29.1 Å². The van der Waals surface area contributed by atoms with Crippen LogP contribution in [-0.2, 0) is 0 Å². The highest BCUT2D eigenvalue weighted by atomic mass is 35.5. The van der Waals surface area contributed by atoms with Gasteiger partial charge in [-0.2, -0.15) is 5.26 Å². The molecule has 1 aliphatic rings. The van der Waals surface area contributed by atoms with Crippen LogP contribution in [-0.4, -0.2) is 18.1 Å². The number of piperidine rings is 1. The lowest BCUT2D eigenvalue weighted by atomic mass is 10.0. The highest BCUT2D eigenvalue weighted by molar-refractivity contribution is 6.30. The molecule has 3 aromatic rings. The number of nitrogens with zero attached hydrogens (tertiary/aromatic N) is 3. The molecule has 28 heavy (non-hydrogen) atoms. The van der Waals surface area contributed by atoms with Crippen LogP contribution < -0.4 is 4.90 Å². The summed E-state index contributed by atoms with van der Waals surface area (Å²) < 4.78 is 0. The number of hydrogen-bond acceptors (Lipinski definition) is 3. The monoisotopic (exact) mass is 387 g/mol. The summed E-state index contributed by atoms with van der Waals surface area (Å²) in [7, 11) is 0. The Kier molecular flexibility index (Phi) is 5.32. The summed E-state index contributed by atoms with van der Waals surface area (Å²) in [4.78, 5) is 7.36. The first kappa shape index (κ1) is 18.5. The van der Waals surface area contributed by atoms with Gasteiger partial charge in [-0.25, -0.2) is 4.98 Å². The van der Waals surface area contributed by atoms with Crippen molar-refractivity contribution in [1.82, 2.24) is 4.98 Å². The van der Waals surface area contributed by atoms with Crippen LogP contribution >= 0.6 is 11.6 Å². The summed E-state index contributed by atoms with van der Waals surface area (Å²) >= 11 is 6.01. The van der Waals surface area contributed by atoms with Gasteiger partial charge >= 0.3 is 0 Å². The number of allylic oxidation sites excluding steroid dienone is 1. The lowest BCUT2D eigenvalue weighted by Crippen LogP contribution is -2.30. The first-order valence-corrected chi connectivity index (χ1v) is 10.1. The van der Waals surface area contributed by atoms with Gasteiger partial charge in [-0.3, -0.25) is 0 Å². The predicted molar refractivity (Wildman–Crippen MR) is 117 cm³/mol. The number of halogens is 1. The smallest absolute Gasteiger partial charge is 0.136 e. The second-order valence-electron chi connectivity index (χ2n) is 7.32. The van der Waals surface area contributed by atoms with Gasteiger partial charge in [0.15, 0.2) is 0 Å². The largest absolute Gasteiger partial charge is 0.356 e. The van der Waals surface area contributed by atoms with Crippen molar-refractivity contribution >= 4 is 40.0 Å². The molecule has 2 heterocycles. The van der Waals surface area contributed by atoms with E-state index in [0.717, 1.165) is 40.9 Å². The van der Waals surface area contributed by atoms with E-state index < -0.39 is 0 Å². The lowest BCUT2D eigenvalue weighted by Gasteiger charge is -2.29. The average Bonchev–Trinajstić information content (AvgIpc) is 2.73. The number of fused-ring (bicyclic) bond motifs is 1. The van der Waals surface area contributed by atoms with Gasteiger partial charge in [0.05, 0.1) is 17.2 Å². The molecule has 0 bridgehead atoms. The first-order valence-electron chi connectivity index (χ1n) is 9.68. The van der Waals surface area contributed by atoms with Crippen LogP contribution in [0.25, 0.3) is 22.6 Å². The Hall–Kier alpha value is -2.83. The van der Waals surface area contributed by atoms with Gasteiger partial charge in [-0.1, -0.05) is 35.9 Å². The Morgan fingerprint density at radius 3 is 2.54 bits per heavy atom. The minimum atomic E-state index is 0.614. The molecule has 0 aliphatic carbocycles. The van der Waals surface area contributed by atoms with E-state index in [4.69, 9.17) is 16.6 Å². The molecule has 4 heteroatoms. The Morgan fingerprint density at radius 2 is 1.82 bits per heavy atom. The van der Waals surface area contributed by atoms with E-state index in [1.54, 1.807) is 0 Å². The number of aryl methyl sites for hydroxylation is 1. The fourth-order valence-corrected chi connectivity index (χ4v) is 3.84. The summed E-state index contributed by atoms with van der Waals surface area (Å²) in [6, 6.07) is 18.2. The molecule has 0 spiro atoms. The molecule has 1 aromatic heterocycles. The molecule has 0 unspecified atom stereocenters. The minimum Gasteiger partial charge on any atom is -0.356 e. The van der Waals surface area contributed by atoms with Crippen LogP contribution in [0.2, 0.25) is 5.02 Å². The second-order valence-corrected chi connectivity index (χ2v) is 7.76. The molecule has 0 radical (unpaired) electrons. The van der Waals surface area contributed by atoms with E-state index in [2.05, 4.69) is 42.2 Å². The topological polar surface area (TPSA) is 39.9 Å². The third-order valence-electron chi connectivity index (χ3n) is 5.21. The third kappa shape index (κ3) is 3.88. The van der Waals surface area contributed by atoms with Crippen LogP contribution in [0, 0.1) is 18.3 Å². The SMILES string of the molecule is Cc1ccc2cc(/C=C(\C#N)c3ccc(Cl)cc3)c(N3CCCCC3)nc2c1. The van der Waals surface area contributed by atoms with Crippen molar-refractivity contribution in [2.45, 2.75) is 26.2 Å². The zero-order valence-electron chi connectivity index (χ0n) is 16.0. The molecule has 140 valence electrons. The standard InChI is InChI=1S/C24H22ClN3/c1-17-5-6-19-14-20(15-21(16-26)18-7-9-22(25)10-8-18)24(27-23(19)13-17)28-11-3-2-4-12-28/h5-10,13-15H,2-4,11-12H2,1H3/b21-15+. The number of nitriles is 1. The lowest BCUT2D eigenvalue weighted by molar-refractivity contribution is 0.574. The van der Waals surface area contributed by atoms with Crippen LogP contribution in [0.4, 0.5) is 5.82 Å². The van der Waals surface area contributed by atoms with Crippen LogP contribution in [0.15, 0.2) is 48.5 Å². The van der Waals surface area contributed by atoms with Crippen LogP contribution in [0.5, 0.6) is 0 Å². The zero-order chi connectivity index (χ0) is 19.5. The maximum Gasteiger partial charge on any atom is 0.136 e.